The van der Waals surface area contributed by atoms with Gasteiger partial charge >= 0.3 is 6.18 Å². The minimum absolute atomic E-state index is 0.0507. The maximum Gasteiger partial charge on any atom is 0.417 e. The summed E-state index contributed by atoms with van der Waals surface area (Å²) in [7, 11) is 0. The van der Waals surface area contributed by atoms with Crippen molar-refractivity contribution in [1.82, 2.24) is 10.3 Å². The number of anilines is 1. The molecule has 0 spiro atoms. The van der Waals surface area contributed by atoms with Crippen LogP contribution in [0.2, 0.25) is 5.02 Å². The summed E-state index contributed by atoms with van der Waals surface area (Å²) in [5, 5.41) is 6.87. The van der Waals surface area contributed by atoms with Gasteiger partial charge in [0.15, 0.2) is 5.43 Å². The van der Waals surface area contributed by atoms with Crippen LogP contribution in [0.5, 0.6) is 0 Å². The van der Waals surface area contributed by atoms with E-state index in [1.165, 1.54) is 6.07 Å². The van der Waals surface area contributed by atoms with Crippen LogP contribution in [0.4, 0.5) is 19.0 Å². The van der Waals surface area contributed by atoms with E-state index in [1.807, 2.05) is 18.2 Å². The molecule has 0 aliphatic heterocycles. The summed E-state index contributed by atoms with van der Waals surface area (Å²) < 4.78 is 39.1. The number of hydrogen-bond acceptors (Lipinski definition) is 3. The Morgan fingerprint density at radius 2 is 1.87 bits per heavy atom. The topological polar surface area (TPSA) is 56.9 Å². The van der Waals surface area contributed by atoms with Gasteiger partial charge in [0.2, 0.25) is 0 Å². The van der Waals surface area contributed by atoms with E-state index in [4.69, 9.17) is 11.6 Å². The fraction of sp³-hybridized carbons (Fsp3) is 0.348. The number of aromatic nitrogens is 1. The third kappa shape index (κ3) is 6.24. The van der Waals surface area contributed by atoms with E-state index in [1.54, 1.807) is 18.2 Å². The van der Waals surface area contributed by atoms with Gasteiger partial charge in [-0.2, -0.15) is 13.2 Å². The van der Waals surface area contributed by atoms with Crippen LogP contribution < -0.4 is 16.1 Å². The van der Waals surface area contributed by atoms with Crippen molar-refractivity contribution in [3.05, 3.63) is 74.9 Å². The number of H-pyrrole nitrogens is 1. The van der Waals surface area contributed by atoms with Gasteiger partial charge in [-0.15, -0.1) is 0 Å². The van der Waals surface area contributed by atoms with Crippen molar-refractivity contribution in [3.63, 3.8) is 0 Å². The first-order valence-electron chi connectivity index (χ1n) is 10.2. The van der Waals surface area contributed by atoms with Crippen molar-refractivity contribution < 1.29 is 13.2 Å². The molecule has 1 heterocycles. The molecule has 3 rings (SSSR count). The first kappa shape index (κ1) is 23.2. The number of halogens is 4. The lowest BCUT2D eigenvalue weighted by Gasteiger charge is -2.19. The monoisotopic (exact) mass is 451 g/mol. The standard InChI is InChI=1S/C23H25ClF3N3O/c1-2-5-16(13-28-12-15-8-9-19(24)18(10-15)23(25,26)27)14-29-22-11-21(31)17-6-3-4-7-20(17)30-22/h3-4,6-11,16,28H,2,5,12-14H2,1H3,(H2,29,30,31). The van der Waals surface area contributed by atoms with Crippen LogP contribution in [0.1, 0.15) is 30.9 Å². The molecular weight excluding hydrogens is 427 g/mol. The van der Waals surface area contributed by atoms with Crippen molar-refractivity contribution in [2.24, 2.45) is 5.92 Å². The second-order valence-electron chi connectivity index (χ2n) is 7.57. The zero-order valence-electron chi connectivity index (χ0n) is 17.2. The van der Waals surface area contributed by atoms with Gasteiger partial charge in [0.25, 0.3) is 0 Å². The van der Waals surface area contributed by atoms with E-state index in [0.29, 0.717) is 36.4 Å². The molecule has 1 aromatic heterocycles. The zero-order chi connectivity index (χ0) is 22.4. The fourth-order valence-electron chi connectivity index (χ4n) is 3.55. The van der Waals surface area contributed by atoms with E-state index in [0.717, 1.165) is 24.4 Å². The van der Waals surface area contributed by atoms with E-state index >= 15 is 0 Å². The molecule has 0 fully saturated rings. The highest BCUT2D eigenvalue weighted by atomic mass is 35.5. The van der Waals surface area contributed by atoms with Crippen molar-refractivity contribution in [3.8, 4) is 0 Å². The Hall–Kier alpha value is -2.51. The molecule has 0 aliphatic rings. The Morgan fingerprint density at radius 3 is 2.61 bits per heavy atom. The first-order valence-corrected chi connectivity index (χ1v) is 10.6. The number of para-hydroxylation sites is 1. The van der Waals surface area contributed by atoms with Crippen molar-refractivity contribution >= 4 is 28.3 Å². The lowest BCUT2D eigenvalue weighted by atomic mass is 10.0. The molecule has 3 N–H and O–H groups in total. The summed E-state index contributed by atoms with van der Waals surface area (Å²) in [5.41, 5.74) is 0.426. The Bertz CT molecular complexity index is 1080. The SMILES string of the molecule is CCCC(CNCc1ccc(Cl)c(C(F)(F)F)c1)CNc1cc(=O)c2ccccc2[nH]1. The quantitative estimate of drug-likeness (QED) is 0.384. The van der Waals surface area contributed by atoms with Crippen molar-refractivity contribution in [2.75, 3.05) is 18.4 Å². The highest BCUT2D eigenvalue weighted by Gasteiger charge is 2.33. The smallest absolute Gasteiger partial charge is 0.371 e. The fourth-order valence-corrected chi connectivity index (χ4v) is 3.78. The van der Waals surface area contributed by atoms with Crippen molar-refractivity contribution in [2.45, 2.75) is 32.5 Å². The van der Waals surface area contributed by atoms with Gasteiger partial charge in [0, 0.05) is 24.5 Å². The number of nitrogens with one attached hydrogen (secondary N) is 3. The van der Waals surface area contributed by atoms with Gasteiger partial charge in [0.05, 0.1) is 16.1 Å². The van der Waals surface area contributed by atoms with E-state index in [2.05, 4.69) is 22.5 Å². The average Bonchev–Trinajstić information content (AvgIpc) is 2.72. The van der Waals surface area contributed by atoms with Crippen molar-refractivity contribution in [1.29, 1.82) is 0 Å². The zero-order valence-corrected chi connectivity index (χ0v) is 17.9. The number of alkyl halides is 3. The second kappa shape index (κ2) is 10.2. The molecule has 0 saturated carbocycles. The minimum atomic E-state index is -4.47. The molecule has 1 unspecified atom stereocenters. The molecule has 2 aromatic carbocycles. The Kier molecular flexibility index (Phi) is 7.62. The van der Waals surface area contributed by atoms with Crippen LogP contribution in [-0.2, 0) is 12.7 Å². The Labute approximate surface area is 183 Å². The van der Waals surface area contributed by atoms with Crippen LogP contribution in [-0.4, -0.2) is 18.1 Å². The predicted octanol–water partition coefficient (Wildman–Crippen LogP) is 5.82. The van der Waals surface area contributed by atoms with E-state index in [9.17, 15) is 18.0 Å². The van der Waals surface area contributed by atoms with Crippen LogP contribution in [0.3, 0.4) is 0 Å². The predicted molar refractivity (Wildman–Crippen MR) is 120 cm³/mol. The summed E-state index contributed by atoms with van der Waals surface area (Å²) in [4.78, 5) is 15.5. The minimum Gasteiger partial charge on any atom is -0.371 e. The molecule has 3 aromatic rings. The normalized spacial score (nSPS) is 12.8. The summed E-state index contributed by atoms with van der Waals surface area (Å²) >= 11 is 5.68. The molecule has 166 valence electrons. The van der Waals surface area contributed by atoms with Gasteiger partial charge in [-0.25, -0.2) is 0 Å². The lowest BCUT2D eigenvalue weighted by Crippen LogP contribution is -2.28. The molecule has 0 bridgehead atoms. The number of aromatic amines is 1. The number of fused-ring (bicyclic) bond motifs is 1. The first-order chi connectivity index (χ1) is 14.8. The van der Waals surface area contributed by atoms with Gasteiger partial charge in [-0.05, 0) is 48.7 Å². The van der Waals surface area contributed by atoms with Gasteiger partial charge in [-0.3, -0.25) is 4.79 Å². The molecule has 0 radical (unpaired) electrons. The van der Waals surface area contributed by atoms with E-state index < -0.39 is 11.7 Å². The second-order valence-corrected chi connectivity index (χ2v) is 7.98. The molecule has 0 aliphatic carbocycles. The molecule has 31 heavy (non-hydrogen) atoms. The number of rotatable bonds is 9. The average molecular weight is 452 g/mol. The molecule has 0 saturated heterocycles. The van der Waals surface area contributed by atoms with Gasteiger partial charge in [0.1, 0.15) is 5.82 Å². The third-order valence-electron chi connectivity index (χ3n) is 5.11. The van der Waals surface area contributed by atoms with Gasteiger partial charge in [-0.1, -0.05) is 43.1 Å². The molecule has 0 amide bonds. The van der Waals surface area contributed by atoms with E-state index in [-0.39, 0.29) is 16.4 Å². The molecule has 8 heteroatoms. The maximum absolute atomic E-state index is 13.0. The number of benzene rings is 2. The highest BCUT2D eigenvalue weighted by Crippen LogP contribution is 2.35. The van der Waals surface area contributed by atoms with Crippen LogP contribution >= 0.6 is 11.6 Å². The molecular formula is C23H25ClF3N3O. The van der Waals surface area contributed by atoms with Crippen LogP contribution in [0, 0.1) is 5.92 Å². The largest absolute Gasteiger partial charge is 0.417 e. The third-order valence-corrected chi connectivity index (χ3v) is 5.44. The Balaban J connectivity index is 1.59. The summed E-state index contributed by atoms with van der Waals surface area (Å²) in [6.07, 6.45) is -2.56. The number of hydrogen-bond donors (Lipinski definition) is 3. The molecule has 1 atom stereocenters. The summed E-state index contributed by atoms with van der Waals surface area (Å²) in [6.45, 7) is 3.65. The number of pyridine rings is 1. The molecule has 4 nitrogen and oxygen atoms in total. The summed E-state index contributed by atoms with van der Waals surface area (Å²) in [5.74, 6) is 0.895. The van der Waals surface area contributed by atoms with Crippen LogP contribution in [0.15, 0.2) is 53.3 Å². The van der Waals surface area contributed by atoms with Crippen LogP contribution in [0.25, 0.3) is 10.9 Å². The maximum atomic E-state index is 13.0. The summed E-state index contributed by atoms with van der Waals surface area (Å²) in [6, 6.07) is 12.8. The lowest BCUT2D eigenvalue weighted by molar-refractivity contribution is -0.137. The highest BCUT2D eigenvalue weighted by molar-refractivity contribution is 6.31. The van der Waals surface area contributed by atoms with Gasteiger partial charge < -0.3 is 15.6 Å². The Morgan fingerprint density at radius 1 is 1.10 bits per heavy atom.